The van der Waals surface area contributed by atoms with E-state index < -0.39 is 0 Å². The van der Waals surface area contributed by atoms with E-state index >= 15 is 0 Å². The van der Waals surface area contributed by atoms with E-state index in [0.29, 0.717) is 13.1 Å². The van der Waals surface area contributed by atoms with Crippen molar-refractivity contribution in [3.05, 3.63) is 59.1 Å². The molecular formula is C21H26ClN3O. The van der Waals surface area contributed by atoms with E-state index in [0.717, 1.165) is 35.1 Å². The van der Waals surface area contributed by atoms with Gasteiger partial charge in [0.05, 0.1) is 6.54 Å². The third kappa shape index (κ3) is 6.04. The van der Waals surface area contributed by atoms with Gasteiger partial charge in [-0.05, 0) is 67.9 Å². The SMILES string of the molecule is O=C(CN1CCCCCC1)Nc1ccc(NCc2cccc(Cl)c2)cc1. The maximum atomic E-state index is 12.2. The summed E-state index contributed by atoms with van der Waals surface area (Å²) in [5.41, 5.74) is 2.97. The Bertz CT molecular complexity index is 709. The van der Waals surface area contributed by atoms with Gasteiger partial charge >= 0.3 is 0 Å². The molecule has 1 saturated heterocycles. The molecule has 0 atom stereocenters. The lowest BCUT2D eigenvalue weighted by Crippen LogP contribution is -2.33. The van der Waals surface area contributed by atoms with Crippen molar-refractivity contribution in [1.82, 2.24) is 4.90 Å². The predicted molar refractivity (Wildman–Crippen MR) is 109 cm³/mol. The summed E-state index contributed by atoms with van der Waals surface area (Å²) >= 11 is 6.00. The topological polar surface area (TPSA) is 44.4 Å². The summed E-state index contributed by atoms with van der Waals surface area (Å²) in [6, 6.07) is 15.6. The van der Waals surface area contributed by atoms with Crippen LogP contribution >= 0.6 is 11.6 Å². The van der Waals surface area contributed by atoms with Gasteiger partial charge in [-0.3, -0.25) is 9.69 Å². The van der Waals surface area contributed by atoms with E-state index in [1.807, 2.05) is 48.5 Å². The van der Waals surface area contributed by atoms with E-state index in [1.165, 1.54) is 25.7 Å². The Hall–Kier alpha value is -2.04. The normalized spacial score (nSPS) is 15.3. The molecule has 4 nitrogen and oxygen atoms in total. The number of amides is 1. The molecule has 1 fully saturated rings. The second-order valence-corrected chi connectivity index (χ2v) is 7.24. The molecule has 2 N–H and O–H groups in total. The molecule has 0 bridgehead atoms. The number of likely N-dealkylation sites (tertiary alicyclic amines) is 1. The van der Waals surface area contributed by atoms with Crippen LogP contribution in [0.2, 0.25) is 5.02 Å². The van der Waals surface area contributed by atoms with Crippen LogP contribution in [0.15, 0.2) is 48.5 Å². The highest BCUT2D eigenvalue weighted by Crippen LogP contribution is 2.16. The van der Waals surface area contributed by atoms with Crippen LogP contribution < -0.4 is 10.6 Å². The second kappa shape index (κ2) is 9.60. The number of rotatable bonds is 6. The van der Waals surface area contributed by atoms with Gasteiger partial charge in [-0.1, -0.05) is 36.6 Å². The van der Waals surface area contributed by atoms with Crippen molar-refractivity contribution in [2.45, 2.75) is 32.2 Å². The molecule has 0 saturated carbocycles. The van der Waals surface area contributed by atoms with Crippen LogP contribution in [0.5, 0.6) is 0 Å². The fourth-order valence-electron chi connectivity index (χ4n) is 3.22. The van der Waals surface area contributed by atoms with E-state index in [-0.39, 0.29) is 5.91 Å². The summed E-state index contributed by atoms with van der Waals surface area (Å²) in [6.45, 7) is 3.25. The lowest BCUT2D eigenvalue weighted by molar-refractivity contribution is -0.117. The minimum atomic E-state index is 0.0616. The molecule has 5 heteroatoms. The van der Waals surface area contributed by atoms with Crippen LogP contribution in [0.25, 0.3) is 0 Å². The molecule has 0 aromatic heterocycles. The molecule has 1 aliphatic heterocycles. The highest BCUT2D eigenvalue weighted by Gasteiger charge is 2.12. The number of halogens is 1. The number of nitrogens with one attached hydrogen (secondary N) is 2. The van der Waals surface area contributed by atoms with Crippen LogP contribution in [0.4, 0.5) is 11.4 Å². The molecule has 1 amide bonds. The van der Waals surface area contributed by atoms with Crippen LogP contribution in [0.1, 0.15) is 31.2 Å². The summed E-state index contributed by atoms with van der Waals surface area (Å²) < 4.78 is 0. The fraction of sp³-hybridized carbons (Fsp3) is 0.381. The lowest BCUT2D eigenvalue weighted by atomic mass is 10.2. The first-order valence-corrected chi connectivity index (χ1v) is 9.67. The molecule has 138 valence electrons. The quantitative estimate of drug-likeness (QED) is 0.768. The maximum absolute atomic E-state index is 12.2. The standard InChI is InChI=1S/C21H26ClN3O/c22-18-7-5-6-17(14-18)15-23-19-8-10-20(11-9-19)24-21(26)16-25-12-3-1-2-4-13-25/h5-11,14,23H,1-4,12-13,15-16H2,(H,24,26). The van der Waals surface area contributed by atoms with Gasteiger partial charge in [-0.25, -0.2) is 0 Å². The van der Waals surface area contributed by atoms with Gasteiger partial charge in [0.2, 0.25) is 5.91 Å². The molecule has 1 heterocycles. The molecule has 26 heavy (non-hydrogen) atoms. The first-order chi connectivity index (χ1) is 12.7. The summed E-state index contributed by atoms with van der Waals surface area (Å²) in [7, 11) is 0. The second-order valence-electron chi connectivity index (χ2n) is 6.80. The average molecular weight is 372 g/mol. The number of hydrogen-bond acceptors (Lipinski definition) is 3. The van der Waals surface area contributed by atoms with Crippen LogP contribution in [-0.4, -0.2) is 30.4 Å². The van der Waals surface area contributed by atoms with Gasteiger partial charge in [0, 0.05) is 22.9 Å². The Kier molecular flexibility index (Phi) is 6.92. The third-order valence-corrected chi connectivity index (χ3v) is 4.86. The number of carbonyl (C=O) groups is 1. The Balaban J connectivity index is 1.46. The van der Waals surface area contributed by atoms with Crippen LogP contribution in [-0.2, 0) is 11.3 Å². The van der Waals surface area contributed by atoms with Gasteiger partial charge in [-0.15, -0.1) is 0 Å². The molecular weight excluding hydrogens is 346 g/mol. The highest BCUT2D eigenvalue weighted by atomic mass is 35.5. The molecule has 1 aliphatic rings. The first-order valence-electron chi connectivity index (χ1n) is 9.30. The van der Waals surface area contributed by atoms with Gasteiger partial charge in [0.25, 0.3) is 0 Å². The molecule has 0 radical (unpaired) electrons. The van der Waals surface area contributed by atoms with Crippen LogP contribution in [0, 0.1) is 0 Å². The molecule has 2 aromatic rings. The fourth-order valence-corrected chi connectivity index (χ4v) is 3.43. The molecule has 2 aromatic carbocycles. The largest absolute Gasteiger partial charge is 0.381 e. The summed E-state index contributed by atoms with van der Waals surface area (Å²) in [6.07, 6.45) is 4.95. The zero-order chi connectivity index (χ0) is 18.2. The Labute approximate surface area is 160 Å². The van der Waals surface area contributed by atoms with Crippen molar-refractivity contribution in [3.8, 4) is 0 Å². The van der Waals surface area contributed by atoms with Gasteiger partial charge in [-0.2, -0.15) is 0 Å². The maximum Gasteiger partial charge on any atom is 0.238 e. The summed E-state index contributed by atoms with van der Waals surface area (Å²) in [5, 5.41) is 7.10. The van der Waals surface area contributed by atoms with Crippen molar-refractivity contribution >= 4 is 28.9 Å². The van der Waals surface area contributed by atoms with Crippen molar-refractivity contribution in [3.63, 3.8) is 0 Å². The number of anilines is 2. The zero-order valence-corrected chi connectivity index (χ0v) is 15.8. The van der Waals surface area contributed by atoms with E-state index in [9.17, 15) is 4.79 Å². The number of nitrogens with zero attached hydrogens (tertiary/aromatic N) is 1. The summed E-state index contributed by atoms with van der Waals surface area (Å²) in [4.78, 5) is 14.5. The Morgan fingerprint density at radius 3 is 2.35 bits per heavy atom. The molecule has 0 spiro atoms. The highest BCUT2D eigenvalue weighted by molar-refractivity contribution is 6.30. The third-order valence-electron chi connectivity index (χ3n) is 4.62. The lowest BCUT2D eigenvalue weighted by Gasteiger charge is -2.19. The molecule has 0 aliphatic carbocycles. The summed E-state index contributed by atoms with van der Waals surface area (Å²) in [5.74, 6) is 0.0616. The minimum Gasteiger partial charge on any atom is -0.381 e. The van der Waals surface area contributed by atoms with Crippen molar-refractivity contribution < 1.29 is 4.79 Å². The predicted octanol–water partition coefficient (Wildman–Crippen LogP) is 4.77. The minimum absolute atomic E-state index is 0.0616. The van der Waals surface area contributed by atoms with E-state index in [1.54, 1.807) is 0 Å². The number of hydrogen-bond donors (Lipinski definition) is 2. The monoisotopic (exact) mass is 371 g/mol. The van der Waals surface area contributed by atoms with Gasteiger partial charge < -0.3 is 10.6 Å². The Morgan fingerprint density at radius 1 is 0.962 bits per heavy atom. The zero-order valence-electron chi connectivity index (χ0n) is 15.0. The number of benzene rings is 2. The van der Waals surface area contributed by atoms with Crippen molar-refractivity contribution in [1.29, 1.82) is 0 Å². The molecule has 3 rings (SSSR count). The Morgan fingerprint density at radius 2 is 1.65 bits per heavy atom. The van der Waals surface area contributed by atoms with Gasteiger partial charge in [0.15, 0.2) is 0 Å². The van der Waals surface area contributed by atoms with Crippen molar-refractivity contribution in [2.24, 2.45) is 0 Å². The smallest absolute Gasteiger partial charge is 0.238 e. The molecule has 0 unspecified atom stereocenters. The van der Waals surface area contributed by atoms with E-state index in [4.69, 9.17) is 11.6 Å². The van der Waals surface area contributed by atoms with Crippen molar-refractivity contribution in [2.75, 3.05) is 30.3 Å². The van der Waals surface area contributed by atoms with E-state index in [2.05, 4.69) is 15.5 Å². The average Bonchev–Trinajstić information content (AvgIpc) is 2.90. The van der Waals surface area contributed by atoms with Crippen LogP contribution in [0.3, 0.4) is 0 Å². The van der Waals surface area contributed by atoms with Gasteiger partial charge in [0.1, 0.15) is 0 Å². The number of carbonyl (C=O) groups excluding carboxylic acids is 1. The first kappa shape index (κ1) is 18.7.